The van der Waals surface area contributed by atoms with E-state index in [1.807, 2.05) is 24.3 Å². The Labute approximate surface area is 110 Å². The first-order valence-corrected chi connectivity index (χ1v) is 5.89. The minimum absolute atomic E-state index is 0.123. The number of nitrogens with zero attached hydrogens (tertiary/aromatic N) is 4. The van der Waals surface area contributed by atoms with Crippen molar-refractivity contribution in [3.63, 3.8) is 0 Å². The third kappa shape index (κ3) is 3.77. The molecule has 0 aliphatic heterocycles. The molecule has 1 heterocycles. The summed E-state index contributed by atoms with van der Waals surface area (Å²) in [6.07, 6.45) is 2.12. The fraction of sp³-hybridized carbons (Fsp3) is 0.333. The predicted molar refractivity (Wildman–Crippen MR) is 67.5 cm³/mol. The van der Waals surface area contributed by atoms with Gasteiger partial charge in [0.15, 0.2) is 0 Å². The zero-order valence-electron chi connectivity index (χ0n) is 10.6. The van der Waals surface area contributed by atoms with Crippen molar-refractivity contribution in [3.05, 3.63) is 36.2 Å². The lowest BCUT2D eigenvalue weighted by Crippen LogP contribution is -2.29. The van der Waals surface area contributed by atoms with Crippen molar-refractivity contribution in [2.75, 3.05) is 13.7 Å². The molecule has 1 aromatic carbocycles. The maximum absolute atomic E-state index is 11.6. The molecular weight excluding hydrogens is 246 g/mol. The van der Waals surface area contributed by atoms with Crippen molar-refractivity contribution in [3.8, 4) is 5.75 Å². The number of tetrazole rings is 1. The Bertz CT molecular complexity index is 527. The number of hydrogen-bond acceptors (Lipinski definition) is 5. The molecule has 7 heteroatoms. The third-order valence-electron chi connectivity index (χ3n) is 2.61. The zero-order valence-corrected chi connectivity index (χ0v) is 10.6. The summed E-state index contributed by atoms with van der Waals surface area (Å²) in [5.41, 5.74) is 1.06. The second-order valence-corrected chi connectivity index (χ2v) is 3.92. The number of methoxy groups -OCH3 is 1. The molecule has 0 bridgehead atoms. The largest absolute Gasteiger partial charge is 0.496 e. The topological polar surface area (TPSA) is 81.9 Å². The Morgan fingerprint density at radius 3 is 3.00 bits per heavy atom. The molecule has 0 atom stereocenters. The number of aromatic nitrogens is 4. The lowest BCUT2D eigenvalue weighted by atomic mass is 10.1. The number of nitrogens with one attached hydrogen (secondary N) is 1. The SMILES string of the molecule is COc1ccccc1CCNC(=O)Cn1cnnn1. The van der Waals surface area contributed by atoms with Gasteiger partial charge in [-0.05, 0) is 28.5 Å². The molecule has 1 aromatic heterocycles. The molecule has 0 unspecified atom stereocenters. The molecular formula is C12H15N5O2. The minimum Gasteiger partial charge on any atom is -0.496 e. The van der Waals surface area contributed by atoms with Crippen LogP contribution in [0.5, 0.6) is 5.75 Å². The molecule has 0 fully saturated rings. The summed E-state index contributed by atoms with van der Waals surface area (Å²) in [7, 11) is 1.63. The molecule has 0 aliphatic carbocycles. The van der Waals surface area contributed by atoms with Crippen LogP contribution in [0, 0.1) is 0 Å². The average molecular weight is 261 g/mol. The first-order valence-electron chi connectivity index (χ1n) is 5.89. The maximum atomic E-state index is 11.6. The Morgan fingerprint density at radius 2 is 2.26 bits per heavy atom. The van der Waals surface area contributed by atoms with Crippen LogP contribution in [0.2, 0.25) is 0 Å². The van der Waals surface area contributed by atoms with E-state index in [0.717, 1.165) is 11.3 Å². The Kier molecular flexibility index (Phi) is 4.44. The maximum Gasteiger partial charge on any atom is 0.241 e. The van der Waals surface area contributed by atoms with Crippen LogP contribution in [0.3, 0.4) is 0 Å². The van der Waals surface area contributed by atoms with Gasteiger partial charge in [0.05, 0.1) is 7.11 Å². The number of hydrogen-bond donors (Lipinski definition) is 1. The van der Waals surface area contributed by atoms with E-state index < -0.39 is 0 Å². The van der Waals surface area contributed by atoms with Gasteiger partial charge in [-0.25, -0.2) is 4.68 Å². The van der Waals surface area contributed by atoms with Gasteiger partial charge in [-0.15, -0.1) is 5.10 Å². The second-order valence-electron chi connectivity index (χ2n) is 3.92. The lowest BCUT2D eigenvalue weighted by molar-refractivity contribution is -0.121. The fourth-order valence-electron chi connectivity index (χ4n) is 1.70. The van der Waals surface area contributed by atoms with E-state index in [2.05, 4.69) is 20.8 Å². The Morgan fingerprint density at radius 1 is 1.42 bits per heavy atom. The summed E-state index contributed by atoms with van der Waals surface area (Å²) in [5, 5.41) is 13.4. The summed E-state index contributed by atoms with van der Waals surface area (Å²) in [4.78, 5) is 11.6. The highest BCUT2D eigenvalue weighted by atomic mass is 16.5. The van der Waals surface area contributed by atoms with E-state index in [-0.39, 0.29) is 12.5 Å². The van der Waals surface area contributed by atoms with Gasteiger partial charge in [-0.2, -0.15) is 0 Å². The van der Waals surface area contributed by atoms with Gasteiger partial charge in [0.25, 0.3) is 0 Å². The molecule has 0 aliphatic rings. The number of para-hydroxylation sites is 1. The highest BCUT2D eigenvalue weighted by molar-refractivity contribution is 5.75. The van der Waals surface area contributed by atoms with Gasteiger partial charge in [-0.3, -0.25) is 4.79 Å². The van der Waals surface area contributed by atoms with Crippen molar-refractivity contribution in [1.82, 2.24) is 25.5 Å². The van der Waals surface area contributed by atoms with E-state index in [0.29, 0.717) is 13.0 Å². The van der Waals surface area contributed by atoms with Crippen LogP contribution in [-0.4, -0.2) is 39.8 Å². The van der Waals surface area contributed by atoms with E-state index >= 15 is 0 Å². The lowest BCUT2D eigenvalue weighted by Gasteiger charge is -2.08. The van der Waals surface area contributed by atoms with Crippen molar-refractivity contribution in [2.24, 2.45) is 0 Å². The summed E-state index contributed by atoms with van der Waals surface area (Å²) in [5.74, 6) is 0.708. The molecule has 0 spiro atoms. The first kappa shape index (κ1) is 13.0. The molecule has 2 aromatic rings. The molecule has 7 nitrogen and oxygen atoms in total. The highest BCUT2D eigenvalue weighted by Crippen LogP contribution is 2.17. The highest BCUT2D eigenvalue weighted by Gasteiger charge is 2.05. The van der Waals surface area contributed by atoms with Crippen LogP contribution in [0.4, 0.5) is 0 Å². The summed E-state index contributed by atoms with van der Waals surface area (Å²) in [6.45, 7) is 0.667. The van der Waals surface area contributed by atoms with Crippen LogP contribution in [0.1, 0.15) is 5.56 Å². The van der Waals surface area contributed by atoms with Crippen LogP contribution in [-0.2, 0) is 17.8 Å². The van der Waals surface area contributed by atoms with E-state index in [4.69, 9.17) is 4.74 Å². The molecule has 1 amide bonds. The Hall–Kier alpha value is -2.44. The predicted octanol–water partition coefficient (Wildman–Crippen LogP) is 0.0406. The first-order chi connectivity index (χ1) is 9.29. The monoisotopic (exact) mass is 261 g/mol. The van der Waals surface area contributed by atoms with E-state index in [1.54, 1.807) is 7.11 Å². The summed E-state index contributed by atoms with van der Waals surface area (Å²) < 4.78 is 6.62. The normalized spacial score (nSPS) is 10.2. The van der Waals surface area contributed by atoms with Gasteiger partial charge in [0.1, 0.15) is 18.6 Å². The van der Waals surface area contributed by atoms with Gasteiger partial charge < -0.3 is 10.1 Å². The molecule has 2 rings (SSSR count). The van der Waals surface area contributed by atoms with Crippen molar-refractivity contribution >= 4 is 5.91 Å². The van der Waals surface area contributed by atoms with E-state index in [9.17, 15) is 4.79 Å². The van der Waals surface area contributed by atoms with Gasteiger partial charge in [0.2, 0.25) is 5.91 Å². The molecule has 0 saturated heterocycles. The van der Waals surface area contributed by atoms with Gasteiger partial charge in [-0.1, -0.05) is 18.2 Å². The second kappa shape index (κ2) is 6.48. The fourth-order valence-corrected chi connectivity index (χ4v) is 1.70. The number of carbonyl (C=O) groups excluding carboxylic acids is 1. The third-order valence-corrected chi connectivity index (χ3v) is 2.61. The van der Waals surface area contributed by atoms with Gasteiger partial charge >= 0.3 is 0 Å². The van der Waals surface area contributed by atoms with Crippen LogP contribution < -0.4 is 10.1 Å². The average Bonchev–Trinajstić information content (AvgIpc) is 2.92. The smallest absolute Gasteiger partial charge is 0.241 e. The number of ether oxygens (including phenoxy) is 1. The quantitative estimate of drug-likeness (QED) is 0.794. The molecule has 0 radical (unpaired) electrons. The van der Waals surface area contributed by atoms with Crippen molar-refractivity contribution < 1.29 is 9.53 Å². The van der Waals surface area contributed by atoms with Crippen molar-refractivity contribution in [2.45, 2.75) is 13.0 Å². The molecule has 1 N–H and O–H groups in total. The molecule has 100 valence electrons. The molecule has 0 saturated carbocycles. The Balaban J connectivity index is 1.78. The number of amides is 1. The van der Waals surface area contributed by atoms with Gasteiger partial charge in [0, 0.05) is 6.54 Å². The standard InChI is InChI=1S/C12H15N5O2/c1-19-11-5-3-2-4-10(11)6-7-13-12(18)8-17-9-14-15-16-17/h2-5,9H,6-8H2,1H3,(H,13,18). The van der Waals surface area contributed by atoms with Crippen LogP contribution in [0.25, 0.3) is 0 Å². The van der Waals surface area contributed by atoms with Crippen LogP contribution >= 0.6 is 0 Å². The van der Waals surface area contributed by atoms with E-state index in [1.165, 1.54) is 11.0 Å². The number of benzene rings is 1. The summed E-state index contributed by atoms with van der Waals surface area (Å²) in [6, 6.07) is 7.74. The minimum atomic E-state index is -0.123. The number of carbonyl (C=O) groups is 1. The molecule has 19 heavy (non-hydrogen) atoms. The van der Waals surface area contributed by atoms with Crippen LogP contribution in [0.15, 0.2) is 30.6 Å². The van der Waals surface area contributed by atoms with Crippen molar-refractivity contribution in [1.29, 1.82) is 0 Å². The summed E-state index contributed by atoms with van der Waals surface area (Å²) >= 11 is 0. The zero-order chi connectivity index (χ0) is 13.5. The number of rotatable bonds is 6.